The molecule has 0 N–H and O–H groups in total. The van der Waals surface area contributed by atoms with Crippen molar-refractivity contribution < 1.29 is 19.1 Å². The van der Waals surface area contributed by atoms with Crippen LogP contribution in [-0.4, -0.2) is 33.3 Å². The lowest BCUT2D eigenvalue weighted by Crippen LogP contribution is -2.27. The van der Waals surface area contributed by atoms with Crippen LogP contribution in [0.1, 0.15) is 25.0 Å². The minimum Gasteiger partial charge on any atom is -0.492 e. The van der Waals surface area contributed by atoms with Gasteiger partial charge in [-0.2, -0.15) is 0 Å². The van der Waals surface area contributed by atoms with Crippen molar-refractivity contribution in [2.75, 3.05) is 6.61 Å². The standard InChI is InChI=1S/C30H27ClN2O4S/c1-20(2)37-25-13-11-24(12-14-25)36-16-15-32-19-22(26-5-3-4-6-27(26)32)17-28-29(34)33(30(35)38-28)18-21-7-9-23(31)10-8-21/h3-14,17,19-20H,15-16,18H2,1-2H3/b28-17-. The van der Waals surface area contributed by atoms with Crippen LogP contribution >= 0.6 is 23.4 Å². The number of thioether (sulfide) groups is 1. The summed E-state index contributed by atoms with van der Waals surface area (Å²) in [6.45, 7) is 5.29. The number of ether oxygens (including phenoxy) is 2. The summed E-state index contributed by atoms with van der Waals surface area (Å²) in [6.07, 6.45) is 3.93. The van der Waals surface area contributed by atoms with E-state index in [0.29, 0.717) is 23.1 Å². The molecule has 1 aliphatic heterocycles. The fourth-order valence-corrected chi connectivity index (χ4v) is 5.23. The molecule has 0 bridgehead atoms. The zero-order chi connectivity index (χ0) is 26.6. The normalized spacial score (nSPS) is 14.7. The molecule has 1 fully saturated rings. The van der Waals surface area contributed by atoms with Gasteiger partial charge < -0.3 is 14.0 Å². The summed E-state index contributed by atoms with van der Waals surface area (Å²) < 4.78 is 13.8. The molecular formula is C30H27ClN2O4S. The molecule has 8 heteroatoms. The predicted molar refractivity (Wildman–Crippen MR) is 153 cm³/mol. The highest BCUT2D eigenvalue weighted by Gasteiger charge is 2.35. The first-order valence-corrected chi connectivity index (χ1v) is 13.5. The molecule has 0 unspecified atom stereocenters. The van der Waals surface area contributed by atoms with Crippen molar-refractivity contribution in [3.8, 4) is 11.5 Å². The maximum Gasteiger partial charge on any atom is 0.293 e. The quantitative estimate of drug-likeness (QED) is 0.205. The highest BCUT2D eigenvalue weighted by molar-refractivity contribution is 8.18. The Morgan fingerprint density at radius 1 is 0.947 bits per heavy atom. The van der Waals surface area contributed by atoms with Gasteiger partial charge in [0.05, 0.1) is 24.1 Å². The summed E-state index contributed by atoms with van der Waals surface area (Å²) in [7, 11) is 0. The Balaban J connectivity index is 1.30. The number of imide groups is 1. The van der Waals surface area contributed by atoms with Gasteiger partial charge in [0.2, 0.25) is 0 Å². The van der Waals surface area contributed by atoms with Crippen LogP contribution in [0.3, 0.4) is 0 Å². The van der Waals surface area contributed by atoms with Gasteiger partial charge in [-0.1, -0.05) is 41.9 Å². The van der Waals surface area contributed by atoms with E-state index in [1.165, 1.54) is 4.90 Å². The van der Waals surface area contributed by atoms with Crippen LogP contribution in [-0.2, 0) is 17.9 Å². The van der Waals surface area contributed by atoms with Crippen molar-refractivity contribution in [2.45, 2.75) is 33.0 Å². The van der Waals surface area contributed by atoms with E-state index in [-0.39, 0.29) is 23.8 Å². The number of para-hydroxylation sites is 1. The molecule has 4 aromatic rings. The van der Waals surface area contributed by atoms with Crippen molar-refractivity contribution in [3.63, 3.8) is 0 Å². The molecule has 0 spiro atoms. The van der Waals surface area contributed by atoms with E-state index in [2.05, 4.69) is 4.57 Å². The number of carbonyl (C=O) groups is 2. The van der Waals surface area contributed by atoms with Crippen LogP contribution in [0.15, 0.2) is 83.9 Å². The second-order valence-electron chi connectivity index (χ2n) is 9.18. The van der Waals surface area contributed by atoms with Crippen molar-refractivity contribution in [2.24, 2.45) is 0 Å². The SMILES string of the molecule is CC(C)Oc1ccc(OCCn2cc(/C=C3\SC(=O)N(Cc4ccc(Cl)cc4)C3=O)c3ccccc32)cc1. The number of aromatic nitrogens is 1. The highest BCUT2D eigenvalue weighted by atomic mass is 35.5. The molecule has 2 heterocycles. The van der Waals surface area contributed by atoms with E-state index in [4.69, 9.17) is 21.1 Å². The van der Waals surface area contributed by atoms with Crippen molar-refractivity contribution in [1.82, 2.24) is 9.47 Å². The molecule has 0 aliphatic carbocycles. The number of carbonyl (C=O) groups excluding carboxylic acids is 2. The van der Waals surface area contributed by atoms with Gasteiger partial charge in [0.25, 0.3) is 11.1 Å². The first-order valence-electron chi connectivity index (χ1n) is 12.3. The topological polar surface area (TPSA) is 60.8 Å². The van der Waals surface area contributed by atoms with E-state index in [0.717, 1.165) is 45.3 Å². The smallest absolute Gasteiger partial charge is 0.293 e. The fraction of sp³-hybridized carbons (Fsp3) is 0.200. The molecule has 0 saturated carbocycles. The summed E-state index contributed by atoms with van der Waals surface area (Å²) in [6, 6.07) is 22.7. The third-order valence-electron chi connectivity index (χ3n) is 6.03. The van der Waals surface area contributed by atoms with Gasteiger partial charge in [0.15, 0.2) is 0 Å². The highest BCUT2D eigenvalue weighted by Crippen LogP contribution is 2.35. The van der Waals surface area contributed by atoms with E-state index in [1.807, 2.05) is 80.7 Å². The number of amides is 2. The van der Waals surface area contributed by atoms with Crippen molar-refractivity contribution in [3.05, 3.63) is 100 Å². The van der Waals surface area contributed by atoms with Gasteiger partial charge >= 0.3 is 0 Å². The van der Waals surface area contributed by atoms with Gasteiger partial charge in [0, 0.05) is 27.7 Å². The Morgan fingerprint density at radius 2 is 1.66 bits per heavy atom. The number of fused-ring (bicyclic) bond motifs is 1. The molecule has 1 aromatic heterocycles. The van der Waals surface area contributed by atoms with E-state index >= 15 is 0 Å². The second-order valence-corrected chi connectivity index (χ2v) is 10.6. The molecule has 0 atom stereocenters. The van der Waals surface area contributed by atoms with Crippen molar-refractivity contribution in [1.29, 1.82) is 0 Å². The molecule has 2 amide bonds. The summed E-state index contributed by atoms with van der Waals surface area (Å²) in [5.74, 6) is 1.29. The van der Waals surface area contributed by atoms with Gasteiger partial charge in [-0.3, -0.25) is 14.5 Å². The van der Waals surface area contributed by atoms with E-state index < -0.39 is 0 Å². The first kappa shape index (κ1) is 25.9. The number of hydrogen-bond acceptors (Lipinski definition) is 5. The molecule has 1 saturated heterocycles. The summed E-state index contributed by atoms with van der Waals surface area (Å²) in [4.78, 5) is 27.4. The van der Waals surface area contributed by atoms with Crippen LogP contribution in [0.5, 0.6) is 11.5 Å². The lowest BCUT2D eigenvalue weighted by Gasteiger charge is -2.12. The van der Waals surface area contributed by atoms with Crippen LogP contribution in [0, 0.1) is 0 Å². The summed E-state index contributed by atoms with van der Waals surface area (Å²) in [5.41, 5.74) is 2.76. The molecule has 5 rings (SSSR count). The van der Waals surface area contributed by atoms with Crippen LogP contribution in [0.25, 0.3) is 17.0 Å². The largest absolute Gasteiger partial charge is 0.492 e. The maximum atomic E-state index is 13.1. The molecule has 38 heavy (non-hydrogen) atoms. The Bertz CT molecular complexity index is 1490. The van der Waals surface area contributed by atoms with Crippen molar-refractivity contribution >= 4 is 51.5 Å². The zero-order valence-electron chi connectivity index (χ0n) is 21.1. The van der Waals surface area contributed by atoms with Gasteiger partial charge in [-0.05, 0) is 79.7 Å². The Labute approximate surface area is 230 Å². The Morgan fingerprint density at radius 3 is 2.39 bits per heavy atom. The minimum absolute atomic E-state index is 0.121. The molecule has 1 aliphatic rings. The van der Waals surface area contributed by atoms with Gasteiger partial charge in [-0.25, -0.2) is 0 Å². The third kappa shape index (κ3) is 5.90. The number of halogens is 1. The average molecular weight is 547 g/mol. The van der Waals surface area contributed by atoms with Crippen LogP contribution in [0.4, 0.5) is 4.79 Å². The maximum absolute atomic E-state index is 13.1. The number of benzene rings is 3. The monoisotopic (exact) mass is 546 g/mol. The van der Waals surface area contributed by atoms with Crippen LogP contribution in [0.2, 0.25) is 5.02 Å². The molecule has 194 valence electrons. The molecular weight excluding hydrogens is 520 g/mol. The Kier molecular flexibility index (Phi) is 7.77. The van der Waals surface area contributed by atoms with Crippen LogP contribution < -0.4 is 9.47 Å². The lowest BCUT2D eigenvalue weighted by molar-refractivity contribution is -0.123. The first-order chi connectivity index (χ1) is 18.4. The summed E-state index contributed by atoms with van der Waals surface area (Å²) >= 11 is 6.92. The van der Waals surface area contributed by atoms with Gasteiger partial charge in [0.1, 0.15) is 18.1 Å². The molecule has 0 radical (unpaired) electrons. The number of hydrogen-bond donors (Lipinski definition) is 0. The van der Waals surface area contributed by atoms with E-state index in [1.54, 1.807) is 18.2 Å². The second kappa shape index (κ2) is 11.4. The summed E-state index contributed by atoms with van der Waals surface area (Å²) in [5, 5.41) is 1.34. The number of nitrogens with zero attached hydrogens (tertiary/aromatic N) is 2. The zero-order valence-corrected chi connectivity index (χ0v) is 22.7. The minimum atomic E-state index is -0.292. The molecule has 6 nitrogen and oxygen atoms in total. The average Bonchev–Trinajstić information content (AvgIpc) is 3.38. The predicted octanol–water partition coefficient (Wildman–Crippen LogP) is 7.40. The Hall–Kier alpha value is -3.68. The third-order valence-corrected chi connectivity index (χ3v) is 7.19. The molecule has 3 aromatic carbocycles. The van der Waals surface area contributed by atoms with Gasteiger partial charge in [-0.15, -0.1) is 0 Å². The van der Waals surface area contributed by atoms with E-state index in [9.17, 15) is 9.59 Å². The fourth-order valence-electron chi connectivity index (χ4n) is 4.27. The number of rotatable bonds is 9. The lowest BCUT2D eigenvalue weighted by atomic mass is 10.1.